The summed E-state index contributed by atoms with van der Waals surface area (Å²) in [6, 6.07) is 0. The average Bonchev–Trinajstić information content (AvgIpc) is 2.57. The van der Waals surface area contributed by atoms with Crippen LogP contribution in [-0.2, 0) is 0 Å². The van der Waals surface area contributed by atoms with E-state index in [0.717, 1.165) is 17.8 Å². The van der Waals surface area contributed by atoms with Gasteiger partial charge < -0.3 is 0 Å². The van der Waals surface area contributed by atoms with Crippen LogP contribution in [0.3, 0.4) is 0 Å². The zero-order valence-corrected chi connectivity index (χ0v) is 19.8. The van der Waals surface area contributed by atoms with Crippen molar-refractivity contribution in [2.75, 3.05) is 0 Å². The molecular weight excluding hydrogens is 451 g/mol. The fraction of sp³-hybridized carbons (Fsp3) is 1.00. The van der Waals surface area contributed by atoms with Crippen molar-refractivity contribution in [2.45, 2.75) is 110 Å². The van der Waals surface area contributed by atoms with Crippen molar-refractivity contribution in [3.63, 3.8) is 0 Å². The van der Waals surface area contributed by atoms with E-state index in [1.807, 2.05) is 0 Å². The zero-order valence-electron chi connectivity index (χ0n) is 15.3. The van der Waals surface area contributed by atoms with Crippen molar-refractivity contribution < 1.29 is 0 Å². The van der Waals surface area contributed by atoms with E-state index < -0.39 is 16.2 Å². The van der Waals surface area contributed by atoms with Gasteiger partial charge in [0.05, 0.1) is 0 Å². The van der Waals surface area contributed by atoms with Crippen LogP contribution in [-0.4, -0.2) is 16.2 Å². The number of hydrogen-bond donors (Lipinski definition) is 0. The van der Waals surface area contributed by atoms with E-state index in [9.17, 15) is 0 Å². The molecule has 0 saturated heterocycles. The molecule has 0 aliphatic heterocycles. The summed E-state index contributed by atoms with van der Waals surface area (Å²) >= 11 is 2.54. The predicted octanol–water partition coefficient (Wildman–Crippen LogP) is 8.07. The normalized spacial score (nSPS) is 26.5. The standard InChI is InChI=1S/3C7H13.BrH.Sn/c3*1-7-5-3-2-4-6-7;;/h3*7H,1-6H2;1H;/q;;;;+1/p-1. The molecule has 0 amide bonds. The van der Waals surface area contributed by atoms with Crippen LogP contribution < -0.4 is 0 Å². The second-order valence-corrected chi connectivity index (χ2v) is 30.6. The Hall–Kier alpha value is 1.28. The summed E-state index contributed by atoms with van der Waals surface area (Å²) in [5.41, 5.74) is 0. The van der Waals surface area contributed by atoms with Crippen LogP contribution in [0.4, 0.5) is 0 Å². The molecule has 0 nitrogen and oxygen atoms in total. The SMILES string of the molecule is [Br][Sn]([CH2]C1CCCCC1)([CH2]C1CCCCC1)[CH2]C1CCCCC1. The van der Waals surface area contributed by atoms with E-state index in [2.05, 4.69) is 12.7 Å². The molecule has 2 heteroatoms. The van der Waals surface area contributed by atoms with Gasteiger partial charge >= 0.3 is 156 Å². The molecule has 0 atom stereocenters. The van der Waals surface area contributed by atoms with Gasteiger partial charge in [0.2, 0.25) is 0 Å². The summed E-state index contributed by atoms with van der Waals surface area (Å²) in [5.74, 6) is 3.35. The third-order valence-electron chi connectivity index (χ3n) is 7.14. The molecule has 0 unspecified atom stereocenters. The van der Waals surface area contributed by atoms with Crippen LogP contribution in [0.1, 0.15) is 96.3 Å². The first kappa shape index (κ1) is 19.1. The molecular formula is C21H39BrSn. The van der Waals surface area contributed by atoms with Gasteiger partial charge in [0, 0.05) is 0 Å². The molecule has 0 aromatic carbocycles. The Labute approximate surface area is 155 Å². The number of hydrogen-bond acceptors (Lipinski definition) is 0. The molecule has 23 heavy (non-hydrogen) atoms. The summed E-state index contributed by atoms with van der Waals surface area (Å²) < 4.78 is 5.09. The topological polar surface area (TPSA) is 0 Å². The molecule has 3 rings (SSSR count). The molecule has 134 valence electrons. The van der Waals surface area contributed by atoms with Gasteiger partial charge in [-0.3, -0.25) is 0 Å². The summed E-state index contributed by atoms with van der Waals surface area (Å²) in [4.78, 5) is 0. The van der Waals surface area contributed by atoms with Crippen LogP contribution in [0.25, 0.3) is 0 Å². The predicted molar refractivity (Wildman–Crippen MR) is 109 cm³/mol. The van der Waals surface area contributed by atoms with Crippen molar-refractivity contribution >= 4 is 28.9 Å². The summed E-state index contributed by atoms with van der Waals surface area (Å²) in [6.07, 6.45) is 23.2. The fourth-order valence-electron chi connectivity index (χ4n) is 5.98. The molecule has 3 saturated carbocycles. The third-order valence-corrected chi connectivity index (χ3v) is 24.9. The van der Waals surface area contributed by atoms with Gasteiger partial charge in [0.25, 0.3) is 0 Å². The van der Waals surface area contributed by atoms with Gasteiger partial charge in [0.15, 0.2) is 0 Å². The Morgan fingerprint density at radius 3 is 1.00 bits per heavy atom. The van der Waals surface area contributed by atoms with Gasteiger partial charge in [-0.1, -0.05) is 0 Å². The zero-order chi connectivity index (χ0) is 16.0. The van der Waals surface area contributed by atoms with Crippen molar-refractivity contribution in [1.29, 1.82) is 0 Å². The Morgan fingerprint density at radius 1 is 0.478 bits per heavy atom. The van der Waals surface area contributed by atoms with Crippen LogP contribution >= 0.6 is 12.7 Å². The molecule has 0 heterocycles. The molecule has 3 aliphatic rings. The third kappa shape index (κ3) is 6.50. The number of halogens is 1. The second-order valence-electron chi connectivity index (χ2n) is 9.28. The Bertz CT molecular complexity index is 274. The van der Waals surface area contributed by atoms with Gasteiger partial charge in [-0.2, -0.15) is 0 Å². The maximum absolute atomic E-state index is 4.60. The maximum atomic E-state index is 4.60. The molecule has 0 radical (unpaired) electrons. The minimum absolute atomic E-state index is 1.12. The molecule has 3 aliphatic carbocycles. The van der Waals surface area contributed by atoms with Crippen molar-refractivity contribution in [2.24, 2.45) is 17.8 Å². The van der Waals surface area contributed by atoms with Crippen LogP contribution in [0.2, 0.25) is 13.3 Å². The van der Waals surface area contributed by atoms with Gasteiger partial charge in [-0.05, 0) is 0 Å². The fourth-order valence-corrected chi connectivity index (χ4v) is 29.0. The Balaban J connectivity index is 1.59. The van der Waals surface area contributed by atoms with Crippen molar-refractivity contribution in [1.82, 2.24) is 0 Å². The molecule has 0 bridgehead atoms. The molecule has 0 N–H and O–H groups in total. The van der Waals surface area contributed by atoms with Crippen LogP contribution in [0.15, 0.2) is 0 Å². The second kappa shape index (κ2) is 9.83. The first-order valence-corrected chi connectivity index (χ1v) is 23.4. The van der Waals surface area contributed by atoms with Gasteiger partial charge in [-0.15, -0.1) is 0 Å². The summed E-state index contributed by atoms with van der Waals surface area (Å²) in [6.45, 7) is 0. The van der Waals surface area contributed by atoms with E-state index in [4.69, 9.17) is 0 Å². The van der Waals surface area contributed by atoms with Crippen LogP contribution in [0, 0.1) is 17.8 Å². The monoisotopic (exact) mass is 490 g/mol. The quantitative estimate of drug-likeness (QED) is 0.331. The minimum atomic E-state index is -2.06. The van der Waals surface area contributed by atoms with Crippen molar-refractivity contribution in [3.05, 3.63) is 0 Å². The van der Waals surface area contributed by atoms with Gasteiger partial charge in [0.1, 0.15) is 0 Å². The van der Waals surface area contributed by atoms with E-state index in [0.29, 0.717) is 0 Å². The molecule has 0 aromatic rings. The van der Waals surface area contributed by atoms with E-state index in [-0.39, 0.29) is 0 Å². The Kier molecular flexibility index (Phi) is 8.15. The first-order valence-electron chi connectivity index (χ1n) is 10.9. The summed E-state index contributed by atoms with van der Waals surface area (Å²) in [5, 5.41) is 0. The summed E-state index contributed by atoms with van der Waals surface area (Å²) in [7, 11) is 0. The average molecular weight is 490 g/mol. The molecule has 0 aromatic heterocycles. The first-order chi connectivity index (χ1) is 11.2. The molecule has 3 fully saturated rings. The van der Waals surface area contributed by atoms with Gasteiger partial charge in [-0.25, -0.2) is 0 Å². The Morgan fingerprint density at radius 2 is 0.739 bits per heavy atom. The van der Waals surface area contributed by atoms with E-state index in [1.54, 1.807) is 51.8 Å². The van der Waals surface area contributed by atoms with E-state index in [1.165, 1.54) is 57.8 Å². The van der Waals surface area contributed by atoms with E-state index >= 15 is 0 Å². The van der Waals surface area contributed by atoms with Crippen LogP contribution in [0.5, 0.6) is 0 Å². The van der Waals surface area contributed by atoms with Crippen molar-refractivity contribution in [3.8, 4) is 0 Å². The number of rotatable bonds is 6. The molecule has 0 spiro atoms.